The molecule has 6 rings (SSSR count). The van der Waals surface area contributed by atoms with Crippen molar-refractivity contribution >= 4 is 50.0 Å². The Morgan fingerprint density at radius 2 is 1.98 bits per heavy atom. The highest BCUT2D eigenvalue weighted by atomic mass is 35.5. The van der Waals surface area contributed by atoms with E-state index in [1.54, 1.807) is 31.2 Å². The Morgan fingerprint density at radius 3 is 2.68 bits per heavy atom. The fourth-order valence-corrected chi connectivity index (χ4v) is 7.22. The molecule has 242 valence electrons. The predicted octanol–water partition coefficient (Wildman–Crippen LogP) is 6.42. The lowest BCUT2D eigenvalue weighted by Gasteiger charge is -2.32. The van der Waals surface area contributed by atoms with E-state index in [-0.39, 0.29) is 54.2 Å². The van der Waals surface area contributed by atoms with Crippen molar-refractivity contribution in [2.75, 3.05) is 26.2 Å². The number of nitriles is 1. The second-order valence-corrected chi connectivity index (χ2v) is 12.5. The SMILES string of the molecule is Cc1nc2cnc(C3CCN(CC(F)(F)F)CC3)c(C#N)c2c(=O)n1CCOc1ccc(Cl)cc1-c1ccnc2c(C(=O)O)csc12. The lowest BCUT2D eigenvalue weighted by Crippen LogP contribution is -2.39. The summed E-state index contributed by atoms with van der Waals surface area (Å²) < 4.78 is 46.8. The number of hydrogen-bond donors (Lipinski definition) is 1. The Morgan fingerprint density at radius 1 is 1.21 bits per heavy atom. The molecule has 0 bridgehead atoms. The molecule has 0 radical (unpaired) electrons. The summed E-state index contributed by atoms with van der Waals surface area (Å²) in [5, 5.41) is 21.8. The van der Waals surface area contributed by atoms with E-state index < -0.39 is 24.2 Å². The molecule has 0 atom stereocenters. The number of rotatable bonds is 8. The van der Waals surface area contributed by atoms with Gasteiger partial charge in [0.1, 0.15) is 24.3 Å². The third kappa shape index (κ3) is 6.51. The summed E-state index contributed by atoms with van der Waals surface area (Å²) in [7, 11) is 0. The number of thiophene rings is 1. The third-order valence-corrected chi connectivity index (χ3v) is 9.44. The van der Waals surface area contributed by atoms with E-state index >= 15 is 0 Å². The van der Waals surface area contributed by atoms with Crippen LogP contribution in [0.1, 0.15) is 46.2 Å². The molecule has 0 saturated carbocycles. The Hall–Kier alpha value is -4.58. The topological polar surface area (TPSA) is 134 Å². The summed E-state index contributed by atoms with van der Waals surface area (Å²) in [5.74, 6) is -0.513. The maximum atomic E-state index is 13.8. The molecule has 1 aromatic carbocycles. The molecule has 0 aliphatic carbocycles. The van der Waals surface area contributed by atoms with Crippen molar-refractivity contribution in [2.45, 2.75) is 38.4 Å². The van der Waals surface area contributed by atoms with Crippen LogP contribution in [0.3, 0.4) is 0 Å². The number of carboxylic acids is 1. The number of alkyl halides is 3. The van der Waals surface area contributed by atoms with Crippen LogP contribution in [0.4, 0.5) is 13.2 Å². The summed E-state index contributed by atoms with van der Waals surface area (Å²) >= 11 is 7.58. The van der Waals surface area contributed by atoms with Crippen molar-refractivity contribution in [3.63, 3.8) is 0 Å². The summed E-state index contributed by atoms with van der Waals surface area (Å²) in [6.07, 6.45) is -0.575. The number of ether oxygens (including phenoxy) is 1. The maximum absolute atomic E-state index is 13.8. The van der Waals surface area contributed by atoms with Crippen LogP contribution < -0.4 is 10.3 Å². The number of halogens is 4. The summed E-state index contributed by atoms with van der Waals surface area (Å²) in [4.78, 5) is 40.1. The number of benzene rings is 1. The highest BCUT2D eigenvalue weighted by molar-refractivity contribution is 7.18. The van der Waals surface area contributed by atoms with Gasteiger partial charge in [0.2, 0.25) is 0 Å². The quantitative estimate of drug-likeness (QED) is 0.197. The molecule has 5 aromatic rings. The molecule has 10 nitrogen and oxygen atoms in total. The summed E-state index contributed by atoms with van der Waals surface area (Å²) in [6, 6.07) is 8.92. The number of aromatic nitrogens is 4. The van der Waals surface area contributed by atoms with Crippen molar-refractivity contribution in [3.05, 3.63) is 80.1 Å². The Kier molecular flexibility index (Phi) is 8.88. The number of likely N-dealkylation sites (tertiary alicyclic amines) is 1. The zero-order valence-corrected chi connectivity index (χ0v) is 26.4. The predicted molar refractivity (Wildman–Crippen MR) is 170 cm³/mol. The molecular weight excluding hydrogens is 657 g/mol. The second kappa shape index (κ2) is 12.9. The number of hydrogen-bond acceptors (Lipinski definition) is 9. The van der Waals surface area contributed by atoms with Crippen LogP contribution in [0.25, 0.3) is 32.2 Å². The summed E-state index contributed by atoms with van der Waals surface area (Å²) in [5.41, 5.74) is 2.05. The first-order valence-corrected chi connectivity index (χ1v) is 15.8. The molecule has 5 heterocycles. The first kappa shape index (κ1) is 32.4. The van der Waals surface area contributed by atoms with Crippen molar-refractivity contribution < 1.29 is 27.8 Å². The second-order valence-electron chi connectivity index (χ2n) is 11.2. The van der Waals surface area contributed by atoms with Crippen LogP contribution in [0, 0.1) is 18.3 Å². The van der Waals surface area contributed by atoms with Gasteiger partial charge in [0, 0.05) is 33.6 Å². The number of carboxylic acid groups (broad SMARTS) is 1. The minimum absolute atomic E-state index is 0.0408. The largest absolute Gasteiger partial charge is 0.491 e. The Labute approximate surface area is 274 Å². The van der Waals surface area contributed by atoms with Crippen LogP contribution in [-0.4, -0.2) is 67.9 Å². The summed E-state index contributed by atoms with van der Waals surface area (Å²) in [6.45, 7) is 1.20. The molecule has 0 unspecified atom stereocenters. The molecule has 4 aromatic heterocycles. The normalized spacial score (nSPS) is 14.5. The zero-order valence-electron chi connectivity index (χ0n) is 24.8. The molecule has 1 aliphatic rings. The fraction of sp³-hybridized carbons (Fsp3) is 0.312. The smallest absolute Gasteiger partial charge is 0.401 e. The molecule has 0 amide bonds. The van der Waals surface area contributed by atoms with E-state index in [2.05, 4.69) is 21.0 Å². The standard InChI is InChI=1S/C32H26ClF3N6O4S/c1-17-40-24-14-39-27(18-5-8-41(9-6-18)16-32(34,35)36)22(13-37)26(24)30(43)42(17)10-11-46-25-3-2-19(33)12-21(25)20-4-7-38-28-23(31(44)45)15-47-29(20)28/h2-4,7,12,14-15,18H,5-6,8-11,16H2,1H3,(H,44,45). The van der Waals surface area contributed by atoms with Crippen LogP contribution in [0.5, 0.6) is 5.75 Å². The number of carbonyl (C=O) groups is 1. The number of piperidine rings is 1. The van der Waals surface area contributed by atoms with Gasteiger partial charge in [-0.05, 0) is 57.1 Å². The lowest BCUT2D eigenvalue weighted by atomic mass is 9.89. The highest BCUT2D eigenvalue weighted by Gasteiger charge is 2.34. The van der Waals surface area contributed by atoms with E-state index in [0.717, 1.165) is 0 Å². The number of aryl methyl sites for hydroxylation is 1. The first-order chi connectivity index (χ1) is 22.4. The van der Waals surface area contributed by atoms with Crippen LogP contribution in [0.15, 0.2) is 46.8 Å². The number of nitrogens with zero attached hydrogens (tertiary/aromatic N) is 6. The van der Waals surface area contributed by atoms with Crippen molar-refractivity contribution in [2.24, 2.45) is 0 Å². The molecule has 0 spiro atoms. The zero-order chi connectivity index (χ0) is 33.5. The van der Waals surface area contributed by atoms with Gasteiger partial charge in [-0.2, -0.15) is 18.4 Å². The van der Waals surface area contributed by atoms with E-state index in [1.807, 2.05) is 0 Å². The molecule has 1 aliphatic heterocycles. The van der Waals surface area contributed by atoms with E-state index in [4.69, 9.17) is 16.3 Å². The molecule has 47 heavy (non-hydrogen) atoms. The van der Waals surface area contributed by atoms with Gasteiger partial charge in [-0.15, -0.1) is 11.3 Å². The van der Waals surface area contributed by atoms with E-state index in [9.17, 15) is 33.1 Å². The van der Waals surface area contributed by atoms with Crippen molar-refractivity contribution in [1.82, 2.24) is 24.4 Å². The van der Waals surface area contributed by atoms with Gasteiger partial charge in [0.25, 0.3) is 5.56 Å². The maximum Gasteiger partial charge on any atom is 0.401 e. The van der Waals surface area contributed by atoms with Gasteiger partial charge in [0.05, 0.1) is 57.2 Å². The van der Waals surface area contributed by atoms with Gasteiger partial charge in [-0.1, -0.05) is 11.6 Å². The van der Waals surface area contributed by atoms with Crippen LogP contribution in [-0.2, 0) is 6.54 Å². The van der Waals surface area contributed by atoms with Crippen molar-refractivity contribution in [3.8, 4) is 22.9 Å². The lowest BCUT2D eigenvalue weighted by molar-refractivity contribution is -0.148. The molecule has 1 fully saturated rings. The highest BCUT2D eigenvalue weighted by Crippen LogP contribution is 2.39. The van der Waals surface area contributed by atoms with E-state index in [1.165, 1.54) is 38.6 Å². The minimum Gasteiger partial charge on any atom is -0.491 e. The Balaban J connectivity index is 1.27. The third-order valence-electron chi connectivity index (χ3n) is 8.20. The van der Waals surface area contributed by atoms with Crippen LogP contribution >= 0.6 is 22.9 Å². The Bertz CT molecular complexity index is 2120. The molecule has 1 N–H and O–H groups in total. The van der Waals surface area contributed by atoms with Gasteiger partial charge >= 0.3 is 12.1 Å². The van der Waals surface area contributed by atoms with Crippen molar-refractivity contribution in [1.29, 1.82) is 5.26 Å². The molecule has 15 heteroatoms. The van der Waals surface area contributed by atoms with Crippen LogP contribution in [0.2, 0.25) is 5.02 Å². The van der Waals surface area contributed by atoms with Gasteiger partial charge < -0.3 is 9.84 Å². The fourth-order valence-electron chi connectivity index (χ4n) is 6.02. The number of aromatic carboxylic acids is 1. The van der Waals surface area contributed by atoms with Gasteiger partial charge in [-0.25, -0.2) is 9.78 Å². The van der Waals surface area contributed by atoms with Gasteiger partial charge in [-0.3, -0.25) is 24.2 Å². The number of fused-ring (bicyclic) bond motifs is 2. The van der Waals surface area contributed by atoms with E-state index in [0.29, 0.717) is 56.5 Å². The first-order valence-electron chi connectivity index (χ1n) is 14.6. The average molecular weight is 683 g/mol. The minimum atomic E-state index is -4.29. The molecular formula is C32H26ClF3N6O4S. The monoisotopic (exact) mass is 682 g/mol. The molecule has 1 saturated heterocycles. The average Bonchev–Trinajstić information content (AvgIpc) is 3.47. The number of pyridine rings is 2. The van der Waals surface area contributed by atoms with Gasteiger partial charge in [0.15, 0.2) is 0 Å².